The molecule has 2 aromatic rings. The summed E-state index contributed by atoms with van der Waals surface area (Å²) >= 11 is 0. The number of pyridine rings is 1. The molecule has 2 rings (SSSR count). The lowest BCUT2D eigenvalue weighted by molar-refractivity contribution is -0.137. The Morgan fingerprint density at radius 3 is 2.32 bits per heavy atom. The fraction of sp³-hybridized carbons (Fsp3) is 0.214. The molecule has 0 saturated heterocycles. The van der Waals surface area contributed by atoms with Crippen LogP contribution in [0.5, 0.6) is 0 Å². The average Bonchev–Trinajstić information content (AvgIpc) is 2.33. The molecule has 0 aliphatic carbocycles. The molecule has 19 heavy (non-hydrogen) atoms. The third-order valence-corrected chi connectivity index (χ3v) is 2.86. The molecule has 1 aromatic carbocycles. The topological polar surface area (TPSA) is 22.0 Å². The number of benzene rings is 1. The molecule has 0 aliphatic rings. The van der Waals surface area contributed by atoms with E-state index in [4.69, 9.17) is 0 Å². The van der Waals surface area contributed by atoms with Crippen LogP contribution in [0, 0.1) is 6.92 Å². The average molecular weight is 267 g/mol. The fourth-order valence-electron chi connectivity index (χ4n) is 2.03. The molecule has 0 unspecified atom stereocenters. The predicted molar refractivity (Wildman–Crippen MR) is 66.9 cm³/mol. The lowest BCUT2D eigenvalue weighted by Crippen LogP contribution is -2.15. The second-order valence-electron chi connectivity index (χ2n) is 4.39. The monoisotopic (exact) mass is 267 g/mol. The number of nitrogens with zero attached hydrogens (tertiary/aromatic N) is 1. The highest BCUT2D eigenvalue weighted by Gasteiger charge is 2.33. The van der Waals surface area contributed by atoms with Gasteiger partial charge in [0.2, 0.25) is 0 Å². The van der Waals surface area contributed by atoms with Gasteiger partial charge in [0.15, 0.2) is 5.43 Å². The number of halogens is 3. The number of aryl methyl sites for hydroxylation is 2. The van der Waals surface area contributed by atoms with Crippen molar-refractivity contribution in [1.82, 2.24) is 4.57 Å². The third-order valence-electron chi connectivity index (χ3n) is 2.86. The molecule has 0 bridgehead atoms. The fourth-order valence-corrected chi connectivity index (χ4v) is 2.03. The summed E-state index contributed by atoms with van der Waals surface area (Å²) in [6.07, 6.45) is -1.48. The van der Waals surface area contributed by atoms with E-state index in [0.29, 0.717) is 5.56 Å². The molecule has 0 N–H and O–H groups in total. The molecular weight excluding hydrogens is 255 g/mol. The van der Waals surface area contributed by atoms with Crippen molar-refractivity contribution in [1.29, 1.82) is 0 Å². The summed E-state index contributed by atoms with van der Waals surface area (Å²) in [4.78, 5) is 12.0. The largest absolute Gasteiger partial charge is 0.417 e. The van der Waals surface area contributed by atoms with E-state index in [1.54, 1.807) is 24.7 Å². The Balaban J connectivity index is 2.77. The number of aromatic nitrogens is 1. The first kappa shape index (κ1) is 13.4. The minimum absolute atomic E-state index is 0.0652. The normalized spacial score (nSPS) is 11.6. The SMILES string of the molecule is Cc1cn(C)cc(-c2ccccc2C(F)(F)F)c1=O. The van der Waals surface area contributed by atoms with E-state index in [2.05, 4.69) is 0 Å². The molecule has 0 spiro atoms. The molecule has 0 fully saturated rings. The zero-order valence-electron chi connectivity index (χ0n) is 10.5. The first-order chi connectivity index (χ1) is 8.80. The molecule has 2 nitrogen and oxygen atoms in total. The van der Waals surface area contributed by atoms with Crippen LogP contribution in [0.3, 0.4) is 0 Å². The Labute approximate surface area is 108 Å². The summed E-state index contributed by atoms with van der Waals surface area (Å²) in [6, 6.07) is 5.11. The molecule has 0 amide bonds. The zero-order chi connectivity index (χ0) is 14.2. The summed E-state index contributed by atoms with van der Waals surface area (Å²) < 4.78 is 40.5. The molecule has 5 heteroatoms. The van der Waals surface area contributed by atoms with Crippen molar-refractivity contribution in [3.8, 4) is 11.1 Å². The van der Waals surface area contributed by atoms with Gasteiger partial charge in [-0.15, -0.1) is 0 Å². The Kier molecular flexibility index (Phi) is 3.22. The van der Waals surface area contributed by atoms with Crippen molar-refractivity contribution in [2.75, 3.05) is 0 Å². The van der Waals surface area contributed by atoms with Gasteiger partial charge in [0.05, 0.1) is 5.56 Å². The van der Waals surface area contributed by atoms with Gasteiger partial charge in [-0.25, -0.2) is 0 Å². The van der Waals surface area contributed by atoms with Gasteiger partial charge in [-0.2, -0.15) is 13.2 Å². The Hall–Kier alpha value is -2.04. The zero-order valence-corrected chi connectivity index (χ0v) is 10.5. The van der Waals surface area contributed by atoms with Crippen LogP contribution in [0.4, 0.5) is 13.2 Å². The van der Waals surface area contributed by atoms with Crippen LogP contribution < -0.4 is 5.43 Å². The standard InChI is InChI=1S/C14H12F3NO/c1-9-7-18(2)8-11(13(9)19)10-5-3-4-6-12(10)14(15,16)17/h3-8H,1-2H3. The summed E-state index contributed by atoms with van der Waals surface area (Å²) in [5.41, 5.74) is -0.779. The van der Waals surface area contributed by atoms with Crippen LogP contribution in [0.15, 0.2) is 41.5 Å². The van der Waals surface area contributed by atoms with Crippen LogP contribution >= 0.6 is 0 Å². The highest BCUT2D eigenvalue weighted by atomic mass is 19.4. The van der Waals surface area contributed by atoms with Crippen molar-refractivity contribution in [2.24, 2.45) is 7.05 Å². The molecule has 0 aliphatic heterocycles. The van der Waals surface area contributed by atoms with E-state index in [1.807, 2.05) is 0 Å². The summed E-state index contributed by atoms with van der Waals surface area (Å²) in [7, 11) is 1.67. The molecule has 1 aromatic heterocycles. The molecule has 1 heterocycles. The van der Waals surface area contributed by atoms with Gasteiger partial charge in [0.1, 0.15) is 0 Å². The predicted octanol–water partition coefficient (Wildman–Crippen LogP) is 3.38. The molecule has 0 radical (unpaired) electrons. The van der Waals surface area contributed by atoms with Gasteiger partial charge >= 0.3 is 6.18 Å². The third kappa shape index (κ3) is 2.54. The molecule has 100 valence electrons. The minimum atomic E-state index is -4.48. The van der Waals surface area contributed by atoms with Crippen LogP contribution in [-0.4, -0.2) is 4.57 Å². The quantitative estimate of drug-likeness (QED) is 0.776. The second kappa shape index (κ2) is 4.57. The second-order valence-corrected chi connectivity index (χ2v) is 4.39. The first-order valence-electron chi connectivity index (χ1n) is 5.64. The van der Waals surface area contributed by atoms with E-state index in [1.165, 1.54) is 24.4 Å². The number of alkyl halides is 3. The Morgan fingerprint density at radius 2 is 1.68 bits per heavy atom. The lowest BCUT2D eigenvalue weighted by atomic mass is 9.99. The Bertz CT molecular complexity index is 671. The van der Waals surface area contributed by atoms with Crippen LogP contribution in [0.2, 0.25) is 0 Å². The van der Waals surface area contributed by atoms with Gasteiger partial charge in [-0.3, -0.25) is 4.79 Å². The molecule has 0 atom stereocenters. The van der Waals surface area contributed by atoms with Crippen molar-refractivity contribution in [3.63, 3.8) is 0 Å². The number of hydrogen-bond donors (Lipinski definition) is 0. The highest BCUT2D eigenvalue weighted by molar-refractivity contribution is 5.67. The van der Waals surface area contributed by atoms with Crippen molar-refractivity contribution in [2.45, 2.75) is 13.1 Å². The first-order valence-corrected chi connectivity index (χ1v) is 5.64. The molecular formula is C14H12F3NO. The maximum Gasteiger partial charge on any atom is 0.417 e. The number of hydrogen-bond acceptors (Lipinski definition) is 1. The molecule has 0 saturated carbocycles. The van der Waals surface area contributed by atoms with Crippen LogP contribution in [-0.2, 0) is 13.2 Å². The van der Waals surface area contributed by atoms with E-state index in [0.717, 1.165) is 6.07 Å². The maximum absolute atomic E-state index is 13.0. The number of rotatable bonds is 1. The van der Waals surface area contributed by atoms with Crippen molar-refractivity contribution in [3.05, 3.63) is 58.0 Å². The van der Waals surface area contributed by atoms with E-state index >= 15 is 0 Å². The van der Waals surface area contributed by atoms with E-state index in [-0.39, 0.29) is 16.6 Å². The highest BCUT2D eigenvalue weighted by Crippen LogP contribution is 2.35. The summed E-state index contributed by atoms with van der Waals surface area (Å²) in [5, 5.41) is 0. The maximum atomic E-state index is 13.0. The minimum Gasteiger partial charge on any atom is -0.356 e. The van der Waals surface area contributed by atoms with Crippen LogP contribution in [0.1, 0.15) is 11.1 Å². The van der Waals surface area contributed by atoms with Gasteiger partial charge in [-0.1, -0.05) is 18.2 Å². The van der Waals surface area contributed by atoms with Crippen LogP contribution in [0.25, 0.3) is 11.1 Å². The van der Waals surface area contributed by atoms with Gasteiger partial charge in [0.25, 0.3) is 0 Å². The van der Waals surface area contributed by atoms with Gasteiger partial charge in [-0.05, 0) is 18.6 Å². The van der Waals surface area contributed by atoms with Gasteiger partial charge in [0, 0.05) is 30.6 Å². The van der Waals surface area contributed by atoms with Gasteiger partial charge < -0.3 is 4.57 Å². The Morgan fingerprint density at radius 1 is 1.05 bits per heavy atom. The summed E-state index contributed by atoms with van der Waals surface area (Å²) in [5.74, 6) is 0. The summed E-state index contributed by atoms with van der Waals surface area (Å²) in [6.45, 7) is 1.59. The van der Waals surface area contributed by atoms with E-state index < -0.39 is 11.7 Å². The van der Waals surface area contributed by atoms with E-state index in [9.17, 15) is 18.0 Å². The smallest absolute Gasteiger partial charge is 0.356 e. The lowest BCUT2D eigenvalue weighted by Gasteiger charge is -2.13. The van der Waals surface area contributed by atoms with Crippen molar-refractivity contribution < 1.29 is 13.2 Å². The van der Waals surface area contributed by atoms with Crippen molar-refractivity contribution >= 4 is 0 Å².